The van der Waals surface area contributed by atoms with Gasteiger partial charge in [0.2, 0.25) is 0 Å². The number of nitrogens with one attached hydrogen (secondary N) is 1. The van der Waals surface area contributed by atoms with Crippen LogP contribution in [0.25, 0.3) is 10.9 Å². The maximum atomic E-state index is 9.74. The minimum atomic E-state index is -0.180. The highest BCUT2D eigenvalue weighted by Crippen LogP contribution is 2.31. The van der Waals surface area contributed by atoms with Gasteiger partial charge in [-0.2, -0.15) is 10.2 Å². The van der Waals surface area contributed by atoms with Gasteiger partial charge in [0.1, 0.15) is 11.7 Å². The van der Waals surface area contributed by atoms with Crippen molar-refractivity contribution in [3.63, 3.8) is 0 Å². The molecular weight excluding hydrogens is 328 g/mol. The highest BCUT2D eigenvalue weighted by Gasteiger charge is 2.31. The van der Waals surface area contributed by atoms with E-state index >= 15 is 0 Å². The molecule has 0 radical (unpaired) electrons. The van der Waals surface area contributed by atoms with Gasteiger partial charge in [-0.15, -0.1) is 0 Å². The van der Waals surface area contributed by atoms with Crippen LogP contribution in [-0.4, -0.2) is 62.6 Å². The van der Waals surface area contributed by atoms with Crippen LogP contribution in [0.3, 0.4) is 0 Å². The fourth-order valence-electron chi connectivity index (χ4n) is 3.91. The Hall–Kier alpha value is -2.67. The Morgan fingerprint density at radius 3 is 2.81 bits per heavy atom. The average Bonchev–Trinajstić information content (AvgIpc) is 3.25. The van der Waals surface area contributed by atoms with E-state index in [4.69, 9.17) is 5.10 Å². The first-order valence-electron chi connectivity index (χ1n) is 9.17. The summed E-state index contributed by atoms with van der Waals surface area (Å²) in [6.07, 6.45) is 5.51. The molecule has 7 heteroatoms. The van der Waals surface area contributed by atoms with E-state index in [2.05, 4.69) is 44.4 Å². The Morgan fingerprint density at radius 2 is 1.96 bits per heavy atom. The fraction of sp³-hybridized carbons (Fsp3) is 0.421. The van der Waals surface area contributed by atoms with Crippen molar-refractivity contribution >= 4 is 22.6 Å². The standard InChI is InChI=1S/C19H22N6O/c1-12-15-10-13(2-3-16(15)22-21-12)17-11-20-18-4-5-19(23-25(17)18)24-8-6-14(26)7-9-24/h2-5,10,14,17,26H,6-9,11H2,1H3,(H,21,22). The van der Waals surface area contributed by atoms with Gasteiger partial charge >= 0.3 is 0 Å². The van der Waals surface area contributed by atoms with Crippen molar-refractivity contribution in [3.8, 4) is 0 Å². The summed E-state index contributed by atoms with van der Waals surface area (Å²) < 4.78 is 0. The lowest BCUT2D eigenvalue weighted by Gasteiger charge is -2.34. The molecule has 3 aliphatic heterocycles. The van der Waals surface area contributed by atoms with Gasteiger partial charge in [0, 0.05) is 24.2 Å². The van der Waals surface area contributed by atoms with Crippen LogP contribution in [0.1, 0.15) is 30.1 Å². The molecule has 1 saturated heterocycles. The number of fused-ring (bicyclic) bond motifs is 2. The maximum absolute atomic E-state index is 9.74. The average molecular weight is 350 g/mol. The number of aromatic nitrogens is 2. The second-order valence-corrected chi connectivity index (χ2v) is 7.19. The Labute approximate surface area is 151 Å². The summed E-state index contributed by atoms with van der Waals surface area (Å²) in [4.78, 5) is 6.91. The number of amidine groups is 2. The third kappa shape index (κ3) is 2.50. The van der Waals surface area contributed by atoms with E-state index in [0.29, 0.717) is 6.54 Å². The first-order chi connectivity index (χ1) is 12.7. The first-order valence-corrected chi connectivity index (χ1v) is 9.17. The highest BCUT2D eigenvalue weighted by molar-refractivity contribution is 6.06. The molecule has 0 bridgehead atoms. The van der Waals surface area contributed by atoms with Gasteiger partial charge in [0.25, 0.3) is 0 Å². The van der Waals surface area contributed by atoms with Gasteiger partial charge in [-0.3, -0.25) is 10.1 Å². The van der Waals surface area contributed by atoms with Gasteiger partial charge in [0.05, 0.1) is 24.2 Å². The van der Waals surface area contributed by atoms with Crippen LogP contribution in [0.4, 0.5) is 0 Å². The molecule has 26 heavy (non-hydrogen) atoms. The molecule has 0 saturated carbocycles. The molecule has 1 unspecified atom stereocenters. The van der Waals surface area contributed by atoms with Crippen molar-refractivity contribution in [2.45, 2.75) is 31.9 Å². The molecule has 1 aromatic carbocycles. The van der Waals surface area contributed by atoms with Gasteiger partial charge in [-0.1, -0.05) is 6.07 Å². The second kappa shape index (κ2) is 5.95. The van der Waals surface area contributed by atoms with Crippen LogP contribution in [0.15, 0.2) is 40.4 Å². The smallest absolute Gasteiger partial charge is 0.149 e. The number of piperidine rings is 1. The van der Waals surface area contributed by atoms with Gasteiger partial charge in [-0.25, -0.2) is 5.01 Å². The van der Waals surface area contributed by atoms with Crippen LogP contribution in [0.5, 0.6) is 0 Å². The van der Waals surface area contributed by atoms with E-state index in [1.165, 1.54) is 5.56 Å². The number of likely N-dealkylation sites (tertiary alicyclic amines) is 1. The summed E-state index contributed by atoms with van der Waals surface area (Å²) in [5, 5.41) is 25.2. The van der Waals surface area contributed by atoms with E-state index in [0.717, 1.165) is 54.2 Å². The van der Waals surface area contributed by atoms with E-state index in [9.17, 15) is 5.11 Å². The van der Waals surface area contributed by atoms with Crippen molar-refractivity contribution in [1.82, 2.24) is 20.1 Å². The summed E-state index contributed by atoms with van der Waals surface area (Å²) in [5.74, 6) is 1.88. The summed E-state index contributed by atoms with van der Waals surface area (Å²) in [5.41, 5.74) is 3.27. The molecule has 2 aromatic rings. The molecule has 2 N–H and O–H groups in total. The molecule has 5 rings (SSSR count). The number of hydrogen-bond acceptors (Lipinski definition) is 6. The molecule has 1 fully saturated rings. The number of aromatic amines is 1. The molecule has 1 aromatic heterocycles. The number of benzene rings is 1. The number of rotatable bonds is 1. The van der Waals surface area contributed by atoms with E-state index < -0.39 is 0 Å². The minimum Gasteiger partial charge on any atom is -0.393 e. The topological polar surface area (TPSA) is 80.1 Å². The largest absolute Gasteiger partial charge is 0.393 e. The van der Waals surface area contributed by atoms with Crippen molar-refractivity contribution in [2.24, 2.45) is 10.1 Å². The SMILES string of the molecule is Cc1[nH]nc2ccc(C3CN=C4C=CC(N5CCC(O)CC5)=NN43)cc12. The number of aliphatic imine (C=N–C) groups is 1. The molecule has 134 valence electrons. The number of nitrogens with zero attached hydrogens (tertiary/aromatic N) is 5. The maximum Gasteiger partial charge on any atom is 0.149 e. The van der Waals surface area contributed by atoms with E-state index in [-0.39, 0.29) is 12.1 Å². The van der Waals surface area contributed by atoms with Crippen molar-refractivity contribution < 1.29 is 5.11 Å². The molecule has 4 heterocycles. The lowest BCUT2D eigenvalue weighted by Crippen LogP contribution is -2.42. The molecule has 3 aliphatic rings. The molecule has 0 spiro atoms. The van der Waals surface area contributed by atoms with Gasteiger partial charge < -0.3 is 10.0 Å². The Bertz CT molecular complexity index is 935. The number of H-pyrrole nitrogens is 1. The first kappa shape index (κ1) is 15.6. The number of hydrazone groups is 1. The predicted molar refractivity (Wildman–Crippen MR) is 101 cm³/mol. The third-order valence-corrected chi connectivity index (χ3v) is 5.49. The van der Waals surface area contributed by atoms with Crippen LogP contribution < -0.4 is 0 Å². The monoisotopic (exact) mass is 350 g/mol. The molecule has 1 atom stereocenters. The Morgan fingerprint density at radius 1 is 1.15 bits per heavy atom. The van der Waals surface area contributed by atoms with Crippen LogP contribution in [0.2, 0.25) is 0 Å². The highest BCUT2D eigenvalue weighted by atomic mass is 16.3. The number of aliphatic hydroxyl groups excluding tert-OH is 1. The third-order valence-electron chi connectivity index (χ3n) is 5.49. The summed E-state index contributed by atoms with van der Waals surface area (Å²) in [6, 6.07) is 6.49. The number of aryl methyl sites for hydroxylation is 1. The quantitative estimate of drug-likeness (QED) is 0.824. The van der Waals surface area contributed by atoms with Gasteiger partial charge in [-0.05, 0) is 49.6 Å². The molecular formula is C19H22N6O. The summed E-state index contributed by atoms with van der Waals surface area (Å²) >= 11 is 0. The molecule has 0 amide bonds. The second-order valence-electron chi connectivity index (χ2n) is 7.19. The lowest BCUT2D eigenvalue weighted by molar-refractivity contribution is 0.109. The fourth-order valence-corrected chi connectivity index (χ4v) is 3.91. The predicted octanol–water partition coefficient (Wildman–Crippen LogP) is 1.97. The minimum absolute atomic E-state index is 0.110. The summed E-state index contributed by atoms with van der Waals surface area (Å²) in [7, 11) is 0. The molecule has 0 aliphatic carbocycles. The van der Waals surface area contributed by atoms with Crippen LogP contribution in [-0.2, 0) is 0 Å². The number of hydrogen-bond donors (Lipinski definition) is 2. The van der Waals surface area contributed by atoms with Crippen molar-refractivity contribution in [2.75, 3.05) is 19.6 Å². The Kier molecular flexibility index (Phi) is 3.56. The van der Waals surface area contributed by atoms with Crippen molar-refractivity contribution in [3.05, 3.63) is 41.6 Å². The van der Waals surface area contributed by atoms with Crippen LogP contribution >= 0.6 is 0 Å². The summed E-state index contributed by atoms with van der Waals surface area (Å²) in [6.45, 7) is 4.43. The van der Waals surface area contributed by atoms with Gasteiger partial charge in [0.15, 0.2) is 0 Å². The van der Waals surface area contributed by atoms with Crippen LogP contribution in [0, 0.1) is 6.92 Å². The van der Waals surface area contributed by atoms with E-state index in [1.807, 2.05) is 18.0 Å². The molecule has 7 nitrogen and oxygen atoms in total. The normalized spacial score (nSPS) is 23.4. The van der Waals surface area contributed by atoms with Crippen molar-refractivity contribution in [1.29, 1.82) is 0 Å². The zero-order valence-corrected chi connectivity index (χ0v) is 14.8. The lowest BCUT2D eigenvalue weighted by atomic mass is 10.0. The van der Waals surface area contributed by atoms with E-state index in [1.54, 1.807) is 0 Å². The zero-order chi connectivity index (χ0) is 17.7. The number of aliphatic hydroxyl groups is 1. The Balaban J connectivity index is 1.44. The zero-order valence-electron chi connectivity index (χ0n) is 14.8.